The summed E-state index contributed by atoms with van der Waals surface area (Å²) in [5.74, 6) is 0.795. The van der Waals surface area contributed by atoms with Gasteiger partial charge < -0.3 is 5.32 Å². The molecule has 1 aromatic heterocycles. The van der Waals surface area contributed by atoms with Crippen molar-refractivity contribution in [1.29, 1.82) is 0 Å². The summed E-state index contributed by atoms with van der Waals surface area (Å²) in [5.41, 5.74) is 4.78. The smallest absolute Gasteiger partial charge is 0.256 e. The Hall–Kier alpha value is -2.82. The number of carbonyl (C=O) groups is 1. The fourth-order valence-electron chi connectivity index (χ4n) is 4.07. The first-order valence-electron chi connectivity index (χ1n) is 11.1. The van der Waals surface area contributed by atoms with Crippen LogP contribution in [-0.4, -0.2) is 45.7 Å². The Bertz CT molecular complexity index is 1370. The molecule has 0 spiro atoms. The van der Waals surface area contributed by atoms with Crippen molar-refractivity contribution < 1.29 is 17.4 Å². The molecule has 180 valence electrons. The van der Waals surface area contributed by atoms with E-state index >= 15 is 0 Å². The van der Waals surface area contributed by atoms with Gasteiger partial charge in [-0.3, -0.25) is 9.00 Å². The van der Waals surface area contributed by atoms with Crippen molar-refractivity contribution in [2.24, 2.45) is 0 Å². The van der Waals surface area contributed by atoms with Crippen LogP contribution in [0.25, 0.3) is 5.69 Å². The summed E-state index contributed by atoms with van der Waals surface area (Å²) in [4.78, 5) is 13.3. The van der Waals surface area contributed by atoms with E-state index in [-0.39, 0.29) is 4.90 Å². The SMILES string of the molecule is CCN(CC)S(=O)(=O)c1ccc(C(=O)Nc2c3c(nn2-c2cccc(C)c2C)CS(=O)C3)cc1. The van der Waals surface area contributed by atoms with Crippen LogP contribution in [0, 0.1) is 13.8 Å². The predicted octanol–water partition coefficient (Wildman–Crippen LogP) is 3.53. The van der Waals surface area contributed by atoms with E-state index in [1.807, 2.05) is 32.0 Å². The van der Waals surface area contributed by atoms with Gasteiger partial charge in [0.15, 0.2) is 0 Å². The van der Waals surface area contributed by atoms with Crippen LogP contribution in [0.4, 0.5) is 5.82 Å². The Morgan fingerprint density at radius 1 is 1.09 bits per heavy atom. The number of fused-ring (bicyclic) bond motifs is 1. The van der Waals surface area contributed by atoms with Crippen LogP contribution in [0.2, 0.25) is 0 Å². The maximum atomic E-state index is 13.1. The lowest BCUT2D eigenvalue weighted by atomic mass is 10.1. The predicted molar refractivity (Wildman–Crippen MR) is 133 cm³/mol. The number of rotatable bonds is 7. The quantitative estimate of drug-likeness (QED) is 0.535. The van der Waals surface area contributed by atoms with Crippen LogP contribution in [0.1, 0.15) is 46.6 Å². The third-order valence-corrected chi connectivity index (χ3v) is 9.44. The van der Waals surface area contributed by atoms with Crippen LogP contribution < -0.4 is 5.32 Å². The van der Waals surface area contributed by atoms with E-state index in [9.17, 15) is 17.4 Å². The monoisotopic (exact) mass is 500 g/mol. The number of benzene rings is 2. The molecule has 1 atom stereocenters. The lowest BCUT2D eigenvalue weighted by Gasteiger charge is -2.18. The maximum absolute atomic E-state index is 13.1. The van der Waals surface area contributed by atoms with Crippen molar-refractivity contribution in [3.63, 3.8) is 0 Å². The molecule has 1 N–H and O–H groups in total. The molecule has 1 amide bonds. The van der Waals surface area contributed by atoms with Gasteiger partial charge in [-0.25, -0.2) is 13.1 Å². The molecule has 10 heteroatoms. The van der Waals surface area contributed by atoms with Gasteiger partial charge in [-0.2, -0.15) is 9.40 Å². The molecule has 0 fully saturated rings. The molecule has 0 aliphatic carbocycles. The minimum Gasteiger partial charge on any atom is -0.306 e. The summed E-state index contributed by atoms with van der Waals surface area (Å²) in [6.45, 7) is 8.32. The third-order valence-electron chi connectivity index (χ3n) is 6.17. The number of aryl methyl sites for hydroxylation is 1. The second kappa shape index (κ2) is 9.44. The summed E-state index contributed by atoms with van der Waals surface area (Å²) < 4.78 is 40.7. The minimum atomic E-state index is -3.61. The third kappa shape index (κ3) is 4.33. The molecular formula is C24H28N4O4S2. The van der Waals surface area contributed by atoms with Gasteiger partial charge in [-0.1, -0.05) is 26.0 Å². The number of nitrogens with zero attached hydrogens (tertiary/aromatic N) is 3. The number of nitrogens with one attached hydrogen (secondary N) is 1. The zero-order valence-electron chi connectivity index (χ0n) is 19.7. The average Bonchev–Trinajstić information content (AvgIpc) is 3.33. The lowest BCUT2D eigenvalue weighted by molar-refractivity contribution is 0.102. The Labute approximate surface area is 202 Å². The molecule has 2 aromatic carbocycles. The summed E-state index contributed by atoms with van der Waals surface area (Å²) in [6, 6.07) is 11.8. The topological polar surface area (TPSA) is 101 Å². The number of anilines is 1. The van der Waals surface area contributed by atoms with Gasteiger partial charge in [0, 0.05) is 35.0 Å². The number of amides is 1. The van der Waals surface area contributed by atoms with E-state index in [0.717, 1.165) is 28.1 Å². The van der Waals surface area contributed by atoms with Gasteiger partial charge in [0.1, 0.15) is 5.82 Å². The molecule has 2 heterocycles. The van der Waals surface area contributed by atoms with Crippen molar-refractivity contribution in [3.05, 3.63) is 70.4 Å². The maximum Gasteiger partial charge on any atom is 0.256 e. The average molecular weight is 501 g/mol. The number of carbonyl (C=O) groups excluding carboxylic acids is 1. The van der Waals surface area contributed by atoms with E-state index in [1.54, 1.807) is 18.5 Å². The van der Waals surface area contributed by atoms with Crippen molar-refractivity contribution in [3.8, 4) is 5.69 Å². The highest BCUT2D eigenvalue weighted by molar-refractivity contribution is 7.89. The molecule has 0 radical (unpaired) electrons. The molecule has 34 heavy (non-hydrogen) atoms. The van der Waals surface area contributed by atoms with Gasteiger partial charge in [0.2, 0.25) is 10.0 Å². The Kier molecular flexibility index (Phi) is 6.75. The zero-order valence-corrected chi connectivity index (χ0v) is 21.3. The van der Waals surface area contributed by atoms with Crippen LogP contribution in [0.15, 0.2) is 47.4 Å². The zero-order chi connectivity index (χ0) is 24.6. The fraction of sp³-hybridized carbons (Fsp3) is 0.333. The highest BCUT2D eigenvalue weighted by atomic mass is 32.2. The second-order valence-corrected chi connectivity index (χ2v) is 11.6. The van der Waals surface area contributed by atoms with Crippen LogP contribution in [0.3, 0.4) is 0 Å². The molecule has 4 rings (SSSR count). The molecule has 0 bridgehead atoms. The van der Waals surface area contributed by atoms with Crippen molar-refractivity contribution in [2.45, 2.75) is 44.1 Å². The highest BCUT2D eigenvalue weighted by Gasteiger charge is 2.29. The van der Waals surface area contributed by atoms with Crippen LogP contribution in [-0.2, 0) is 32.3 Å². The molecule has 8 nitrogen and oxygen atoms in total. The number of hydrogen-bond acceptors (Lipinski definition) is 5. The standard InChI is InChI=1S/C24H28N4O4S2/c1-5-27(6-2)34(31,32)19-12-10-18(11-13-19)24(29)25-23-20-14-33(30)15-21(20)26-28(23)22-9-7-8-16(3)17(22)4/h7-13H,5-6,14-15H2,1-4H3,(H,25,29). The molecule has 1 unspecified atom stereocenters. The largest absolute Gasteiger partial charge is 0.306 e. The molecule has 0 saturated heterocycles. The summed E-state index contributed by atoms with van der Waals surface area (Å²) >= 11 is 0. The molecule has 3 aromatic rings. The van der Waals surface area contributed by atoms with E-state index in [4.69, 9.17) is 0 Å². The summed E-state index contributed by atoms with van der Waals surface area (Å²) in [6.07, 6.45) is 0. The molecular weight excluding hydrogens is 472 g/mol. The van der Waals surface area contributed by atoms with Crippen molar-refractivity contribution in [2.75, 3.05) is 18.4 Å². The highest BCUT2D eigenvalue weighted by Crippen LogP contribution is 2.33. The van der Waals surface area contributed by atoms with Crippen LogP contribution in [0.5, 0.6) is 0 Å². The van der Waals surface area contributed by atoms with E-state index in [0.29, 0.717) is 36.0 Å². The van der Waals surface area contributed by atoms with Gasteiger partial charge in [-0.15, -0.1) is 0 Å². The summed E-state index contributed by atoms with van der Waals surface area (Å²) in [5, 5.41) is 7.61. The van der Waals surface area contributed by atoms with Gasteiger partial charge in [0.05, 0.1) is 27.8 Å². The van der Waals surface area contributed by atoms with E-state index < -0.39 is 26.7 Å². The Balaban J connectivity index is 1.68. The first-order valence-corrected chi connectivity index (χ1v) is 14.0. The normalized spacial score (nSPS) is 15.5. The second-order valence-electron chi connectivity index (χ2n) is 8.20. The van der Waals surface area contributed by atoms with E-state index in [1.165, 1.54) is 28.6 Å². The van der Waals surface area contributed by atoms with Crippen molar-refractivity contribution >= 4 is 32.5 Å². The fourth-order valence-corrected chi connectivity index (χ4v) is 6.79. The van der Waals surface area contributed by atoms with Gasteiger partial charge in [-0.05, 0) is 55.3 Å². The molecule has 1 aliphatic rings. The minimum absolute atomic E-state index is 0.143. The Morgan fingerprint density at radius 3 is 2.41 bits per heavy atom. The molecule has 1 aliphatic heterocycles. The summed E-state index contributed by atoms with van der Waals surface area (Å²) in [7, 11) is -4.66. The Morgan fingerprint density at radius 2 is 1.76 bits per heavy atom. The van der Waals surface area contributed by atoms with Crippen LogP contribution >= 0.6 is 0 Å². The van der Waals surface area contributed by atoms with Crippen molar-refractivity contribution in [1.82, 2.24) is 14.1 Å². The van der Waals surface area contributed by atoms with Gasteiger partial charge in [0.25, 0.3) is 5.91 Å². The van der Waals surface area contributed by atoms with E-state index in [2.05, 4.69) is 10.4 Å². The number of sulfonamides is 1. The number of hydrogen-bond donors (Lipinski definition) is 1. The first kappa shape index (κ1) is 24.3. The first-order chi connectivity index (χ1) is 16.2. The lowest BCUT2D eigenvalue weighted by Crippen LogP contribution is -2.30. The van der Waals surface area contributed by atoms with Gasteiger partial charge >= 0.3 is 0 Å². The number of aromatic nitrogens is 2. The molecule has 0 saturated carbocycles.